The highest BCUT2D eigenvalue weighted by molar-refractivity contribution is 5.76. The van der Waals surface area contributed by atoms with E-state index in [-0.39, 0.29) is 12.0 Å². The highest BCUT2D eigenvalue weighted by Crippen LogP contribution is 2.14. The third-order valence-corrected chi connectivity index (χ3v) is 4.52. The maximum absolute atomic E-state index is 12.0. The Labute approximate surface area is 134 Å². The molecule has 1 aromatic carbocycles. The van der Waals surface area contributed by atoms with Crippen molar-refractivity contribution in [3.05, 3.63) is 35.9 Å². The minimum absolute atomic E-state index is 0.200. The summed E-state index contributed by atoms with van der Waals surface area (Å²) in [6.07, 6.45) is 8.98. The van der Waals surface area contributed by atoms with Gasteiger partial charge in [-0.2, -0.15) is 0 Å². The van der Waals surface area contributed by atoms with E-state index in [1.54, 1.807) is 0 Å². The molecule has 3 nitrogen and oxygen atoms in total. The molecule has 0 spiro atoms. The topological polar surface area (TPSA) is 40.5 Å². The summed E-state index contributed by atoms with van der Waals surface area (Å²) < 4.78 is 0. The molecule has 2 rings (SSSR count). The van der Waals surface area contributed by atoms with Gasteiger partial charge in [0.25, 0.3) is 0 Å². The predicted octanol–water partition coefficient (Wildman–Crippen LogP) is 3.55. The van der Waals surface area contributed by atoms with E-state index in [2.05, 4.69) is 30.3 Å². The van der Waals surface area contributed by atoms with Crippen molar-refractivity contribution in [3.8, 4) is 0 Å². The predicted molar refractivity (Wildman–Crippen MR) is 89.7 cm³/mol. The van der Waals surface area contributed by atoms with Gasteiger partial charge >= 0.3 is 0 Å². The number of likely N-dealkylation sites (tertiary alicyclic amines) is 1. The number of amides is 1. The maximum atomic E-state index is 12.0. The van der Waals surface area contributed by atoms with Gasteiger partial charge in [-0.25, -0.2) is 0 Å². The number of hydrogen-bond donors (Lipinski definition) is 1. The molecule has 0 saturated carbocycles. The fraction of sp³-hybridized carbons (Fsp3) is 0.632. The van der Waals surface area contributed by atoms with E-state index in [0.29, 0.717) is 6.42 Å². The van der Waals surface area contributed by atoms with Crippen molar-refractivity contribution < 1.29 is 9.90 Å². The fourth-order valence-electron chi connectivity index (χ4n) is 3.05. The van der Waals surface area contributed by atoms with Gasteiger partial charge in [-0.1, -0.05) is 49.6 Å². The van der Waals surface area contributed by atoms with E-state index in [0.717, 1.165) is 45.2 Å². The Morgan fingerprint density at radius 2 is 1.64 bits per heavy atom. The molecule has 1 heterocycles. The zero-order valence-corrected chi connectivity index (χ0v) is 13.5. The quantitative estimate of drug-likeness (QED) is 0.746. The molecule has 1 aromatic rings. The molecule has 0 aliphatic carbocycles. The normalized spacial score (nSPS) is 16.0. The number of unbranched alkanes of at least 4 members (excludes halogenated alkanes) is 4. The Hall–Kier alpha value is -1.35. The number of aryl methyl sites for hydroxylation is 1. The van der Waals surface area contributed by atoms with E-state index in [1.807, 2.05) is 4.90 Å². The Morgan fingerprint density at radius 1 is 1.00 bits per heavy atom. The minimum Gasteiger partial charge on any atom is -0.393 e. The molecule has 1 aliphatic heterocycles. The van der Waals surface area contributed by atoms with Gasteiger partial charge in [0.15, 0.2) is 0 Å². The van der Waals surface area contributed by atoms with Gasteiger partial charge in [-0.15, -0.1) is 0 Å². The Kier molecular flexibility index (Phi) is 7.44. The van der Waals surface area contributed by atoms with Crippen LogP contribution in [0.25, 0.3) is 0 Å². The molecule has 0 unspecified atom stereocenters. The summed E-state index contributed by atoms with van der Waals surface area (Å²) in [6.45, 7) is 1.47. The number of aliphatic hydroxyl groups is 1. The second kappa shape index (κ2) is 9.62. The molecule has 0 aromatic heterocycles. The molecule has 0 atom stereocenters. The first kappa shape index (κ1) is 17.0. The Balaban J connectivity index is 1.46. The molecule has 0 radical (unpaired) electrons. The van der Waals surface area contributed by atoms with Crippen molar-refractivity contribution >= 4 is 5.91 Å². The van der Waals surface area contributed by atoms with E-state index >= 15 is 0 Å². The van der Waals surface area contributed by atoms with Crippen LogP contribution in [0.3, 0.4) is 0 Å². The number of rotatable bonds is 8. The number of hydrogen-bond acceptors (Lipinski definition) is 2. The standard InChI is InChI=1S/C19H29NO2/c21-18-13-15-20(16-14-18)19(22)12-8-3-1-2-5-9-17-10-6-4-7-11-17/h4,6-7,10-11,18,21H,1-3,5,8-9,12-16H2. The van der Waals surface area contributed by atoms with Crippen LogP contribution in [-0.2, 0) is 11.2 Å². The van der Waals surface area contributed by atoms with Gasteiger partial charge in [0.05, 0.1) is 6.10 Å². The van der Waals surface area contributed by atoms with Crippen molar-refractivity contribution in [1.29, 1.82) is 0 Å². The Morgan fingerprint density at radius 3 is 2.36 bits per heavy atom. The monoisotopic (exact) mass is 303 g/mol. The maximum Gasteiger partial charge on any atom is 0.222 e. The number of aliphatic hydroxyl groups excluding tert-OH is 1. The molecule has 1 fully saturated rings. The van der Waals surface area contributed by atoms with Crippen molar-refractivity contribution in [3.63, 3.8) is 0 Å². The van der Waals surface area contributed by atoms with E-state index in [4.69, 9.17) is 0 Å². The number of carbonyl (C=O) groups is 1. The van der Waals surface area contributed by atoms with E-state index < -0.39 is 0 Å². The largest absolute Gasteiger partial charge is 0.393 e. The van der Waals surface area contributed by atoms with Gasteiger partial charge < -0.3 is 10.0 Å². The fourth-order valence-corrected chi connectivity index (χ4v) is 3.05. The third-order valence-electron chi connectivity index (χ3n) is 4.52. The molecule has 122 valence electrons. The van der Waals surface area contributed by atoms with Gasteiger partial charge in [0, 0.05) is 19.5 Å². The number of piperidine rings is 1. The summed E-state index contributed by atoms with van der Waals surface area (Å²) >= 11 is 0. The molecular weight excluding hydrogens is 274 g/mol. The number of nitrogens with zero attached hydrogens (tertiary/aromatic N) is 1. The molecular formula is C19H29NO2. The lowest BCUT2D eigenvalue weighted by molar-refractivity contribution is -0.133. The highest BCUT2D eigenvalue weighted by Gasteiger charge is 2.20. The molecule has 3 heteroatoms. The second-order valence-electron chi connectivity index (χ2n) is 6.37. The lowest BCUT2D eigenvalue weighted by atomic mass is 10.0. The zero-order chi connectivity index (χ0) is 15.6. The van der Waals surface area contributed by atoms with Crippen molar-refractivity contribution in [1.82, 2.24) is 4.90 Å². The summed E-state index contributed by atoms with van der Waals surface area (Å²) in [7, 11) is 0. The number of carbonyl (C=O) groups excluding carboxylic acids is 1. The van der Waals surface area contributed by atoms with Gasteiger partial charge in [0.2, 0.25) is 5.91 Å². The lowest BCUT2D eigenvalue weighted by Crippen LogP contribution is -2.39. The molecule has 1 aliphatic rings. The first-order chi connectivity index (χ1) is 10.8. The first-order valence-corrected chi connectivity index (χ1v) is 8.75. The summed E-state index contributed by atoms with van der Waals surface area (Å²) in [5.41, 5.74) is 1.42. The molecule has 22 heavy (non-hydrogen) atoms. The molecule has 1 amide bonds. The van der Waals surface area contributed by atoms with Gasteiger partial charge in [-0.3, -0.25) is 4.79 Å². The summed E-state index contributed by atoms with van der Waals surface area (Å²) in [4.78, 5) is 13.9. The van der Waals surface area contributed by atoms with Crippen molar-refractivity contribution in [2.24, 2.45) is 0 Å². The summed E-state index contributed by atoms with van der Waals surface area (Å²) in [6, 6.07) is 10.6. The molecule has 1 saturated heterocycles. The third kappa shape index (κ3) is 6.18. The summed E-state index contributed by atoms with van der Waals surface area (Å²) in [5.74, 6) is 0.274. The lowest BCUT2D eigenvalue weighted by Gasteiger charge is -2.29. The minimum atomic E-state index is -0.200. The summed E-state index contributed by atoms with van der Waals surface area (Å²) in [5, 5.41) is 9.45. The van der Waals surface area contributed by atoms with Crippen LogP contribution in [0.2, 0.25) is 0 Å². The van der Waals surface area contributed by atoms with Gasteiger partial charge in [-0.05, 0) is 37.7 Å². The van der Waals surface area contributed by atoms with E-state index in [1.165, 1.54) is 24.8 Å². The van der Waals surface area contributed by atoms with Crippen LogP contribution in [0.4, 0.5) is 0 Å². The SMILES string of the molecule is O=C(CCCCCCCc1ccccc1)N1CCC(O)CC1. The Bertz CT molecular complexity index is 424. The van der Waals surface area contributed by atoms with Crippen LogP contribution < -0.4 is 0 Å². The van der Waals surface area contributed by atoms with Crippen LogP contribution in [0.15, 0.2) is 30.3 Å². The zero-order valence-electron chi connectivity index (χ0n) is 13.5. The van der Waals surface area contributed by atoms with Crippen LogP contribution in [0, 0.1) is 0 Å². The molecule has 0 bridgehead atoms. The average molecular weight is 303 g/mol. The number of benzene rings is 1. The molecule has 1 N–H and O–H groups in total. The van der Waals surface area contributed by atoms with Crippen LogP contribution in [-0.4, -0.2) is 35.1 Å². The van der Waals surface area contributed by atoms with Crippen LogP contribution in [0.5, 0.6) is 0 Å². The smallest absolute Gasteiger partial charge is 0.222 e. The average Bonchev–Trinajstić information content (AvgIpc) is 2.55. The van der Waals surface area contributed by atoms with Gasteiger partial charge in [0.1, 0.15) is 0 Å². The first-order valence-electron chi connectivity index (χ1n) is 8.75. The van der Waals surface area contributed by atoms with Crippen LogP contribution in [0.1, 0.15) is 56.9 Å². The highest BCUT2D eigenvalue weighted by atomic mass is 16.3. The van der Waals surface area contributed by atoms with E-state index in [9.17, 15) is 9.90 Å². The second-order valence-corrected chi connectivity index (χ2v) is 6.37. The van der Waals surface area contributed by atoms with Crippen molar-refractivity contribution in [2.75, 3.05) is 13.1 Å². The van der Waals surface area contributed by atoms with Crippen LogP contribution >= 0.6 is 0 Å². The van der Waals surface area contributed by atoms with Crippen molar-refractivity contribution in [2.45, 2.75) is 63.9 Å².